The average Bonchev–Trinajstić information content (AvgIpc) is 2.83. The summed E-state index contributed by atoms with van der Waals surface area (Å²) in [6, 6.07) is 7.22. The summed E-state index contributed by atoms with van der Waals surface area (Å²) in [6.07, 6.45) is 1.11. The normalized spacial score (nSPS) is 17.9. The Balaban J connectivity index is 0.00000162. The molecule has 1 N–H and O–H groups in total. The number of carbonyl (C=O) groups excluding carboxylic acids is 1. The number of ether oxygens (including phenoxy) is 2. The van der Waals surface area contributed by atoms with E-state index < -0.39 is 0 Å². The quantitative estimate of drug-likeness (QED) is 0.852. The number of hydrogen-bond donors (Lipinski definition) is 1. The van der Waals surface area contributed by atoms with E-state index in [2.05, 4.69) is 5.32 Å². The van der Waals surface area contributed by atoms with Gasteiger partial charge in [0.05, 0.1) is 6.61 Å². The maximum atomic E-state index is 11.7. The molecule has 100 valence electrons. The van der Waals surface area contributed by atoms with Gasteiger partial charge in [0.15, 0.2) is 0 Å². The molecule has 0 saturated carbocycles. The van der Waals surface area contributed by atoms with Crippen molar-refractivity contribution in [2.24, 2.45) is 0 Å². The van der Waals surface area contributed by atoms with E-state index in [1.54, 1.807) is 13.0 Å². The van der Waals surface area contributed by atoms with E-state index in [1.165, 1.54) is 0 Å². The third-order valence-corrected chi connectivity index (χ3v) is 2.69. The van der Waals surface area contributed by atoms with Crippen molar-refractivity contribution >= 4 is 18.4 Å². The molecular formula is C13H18ClNO3. The first-order chi connectivity index (χ1) is 8.31. The van der Waals surface area contributed by atoms with Crippen LogP contribution >= 0.6 is 12.4 Å². The van der Waals surface area contributed by atoms with Crippen LogP contribution in [0.5, 0.6) is 5.75 Å². The van der Waals surface area contributed by atoms with Crippen molar-refractivity contribution < 1.29 is 14.3 Å². The first-order valence-electron chi connectivity index (χ1n) is 5.94. The van der Waals surface area contributed by atoms with Gasteiger partial charge in [-0.15, -0.1) is 12.4 Å². The Labute approximate surface area is 113 Å². The number of esters is 1. The Morgan fingerprint density at radius 3 is 2.89 bits per heavy atom. The van der Waals surface area contributed by atoms with Gasteiger partial charge in [-0.05, 0) is 32.0 Å². The summed E-state index contributed by atoms with van der Waals surface area (Å²) < 4.78 is 10.8. The standard InChI is InChI=1S/C13H17NO3.ClH/c1-2-16-13(15)11-5-3-4-6-12(11)17-10-7-8-14-9-10;/h3-6,10,14H,2,7-9H2,1H3;1H. The first kappa shape index (κ1) is 14.8. The molecule has 0 bridgehead atoms. The molecule has 0 radical (unpaired) electrons. The lowest BCUT2D eigenvalue weighted by atomic mass is 10.2. The van der Waals surface area contributed by atoms with Crippen LogP contribution in [-0.4, -0.2) is 31.8 Å². The zero-order chi connectivity index (χ0) is 12.1. The van der Waals surface area contributed by atoms with Crippen LogP contribution in [-0.2, 0) is 4.74 Å². The molecule has 1 fully saturated rings. The van der Waals surface area contributed by atoms with Gasteiger partial charge >= 0.3 is 5.97 Å². The lowest BCUT2D eigenvalue weighted by molar-refractivity contribution is 0.0519. The van der Waals surface area contributed by atoms with Gasteiger partial charge in [0.2, 0.25) is 0 Å². The molecular weight excluding hydrogens is 254 g/mol. The first-order valence-corrected chi connectivity index (χ1v) is 5.94. The molecule has 1 aliphatic rings. The van der Waals surface area contributed by atoms with E-state index in [0.29, 0.717) is 17.9 Å². The molecule has 1 aromatic carbocycles. The van der Waals surface area contributed by atoms with Gasteiger partial charge in [0.25, 0.3) is 0 Å². The zero-order valence-electron chi connectivity index (χ0n) is 10.3. The fourth-order valence-corrected chi connectivity index (χ4v) is 1.86. The van der Waals surface area contributed by atoms with Crippen molar-refractivity contribution in [1.82, 2.24) is 5.32 Å². The second kappa shape index (κ2) is 7.24. The maximum absolute atomic E-state index is 11.7. The molecule has 1 atom stereocenters. The molecule has 2 rings (SSSR count). The van der Waals surface area contributed by atoms with Gasteiger partial charge in [-0.3, -0.25) is 0 Å². The minimum Gasteiger partial charge on any atom is -0.488 e. The fourth-order valence-electron chi connectivity index (χ4n) is 1.86. The van der Waals surface area contributed by atoms with E-state index in [1.807, 2.05) is 18.2 Å². The van der Waals surface area contributed by atoms with Gasteiger partial charge < -0.3 is 14.8 Å². The Hall–Kier alpha value is -1.26. The largest absolute Gasteiger partial charge is 0.488 e. The smallest absolute Gasteiger partial charge is 0.341 e. The molecule has 4 nitrogen and oxygen atoms in total. The predicted molar refractivity (Wildman–Crippen MR) is 71.5 cm³/mol. The molecule has 1 unspecified atom stereocenters. The third-order valence-electron chi connectivity index (χ3n) is 2.69. The minimum absolute atomic E-state index is 0. The maximum Gasteiger partial charge on any atom is 0.341 e. The molecule has 1 heterocycles. The van der Waals surface area contributed by atoms with Crippen LogP contribution in [0.1, 0.15) is 23.7 Å². The number of hydrogen-bond acceptors (Lipinski definition) is 4. The second-order valence-electron chi connectivity index (χ2n) is 3.95. The second-order valence-corrected chi connectivity index (χ2v) is 3.95. The Morgan fingerprint density at radius 2 is 2.22 bits per heavy atom. The van der Waals surface area contributed by atoms with Crippen molar-refractivity contribution in [3.05, 3.63) is 29.8 Å². The topological polar surface area (TPSA) is 47.6 Å². The molecule has 18 heavy (non-hydrogen) atoms. The van der Waals surface area contributed by atoms with E-state index in [0.717, 1.165) is 19.5 Å². The molecule has 1 aliphatic heterocycles. The predicted octanol–water partition coefficient (Wildman–Crippen LogP) is 2.03. The van der Waals surface area contributed by atoms with Crippen LogP contribution in [0, 0.1) is 0 Å². The monoisotopic (exact) mass is 271 g/mol. The van der Waals surface area contributed by atoms with Crippen LogP contribution in [0.15, 0.2) is 24.3 Å². The van der Waals surface area contributed by atoms with E-state index >= 15 is 0 Å². The molecule has 5 heteroatoms. The summed E-state index contributed by atoms with van der Waals surface area (Å²) in [5.41, 5.74) is 0.501. The highest BCUT2D eigenvalue weighted by Gasteiger charge is 2.19. The summed E-state index contributed by atoms with van der Waals surface area (Å²) in [5, 5.41) is 3.23. The van der Waals surface area contributed by atoms with Crippen molar-refractivity contribution in [2.75, 3.05) is 19.7 Å². The van der Waals surface area contributed by atoms with Crippen molar-refractivity contribution in [1.29, 1.82) is 0 Å². The molecule has 0 aromatic heterocycles. The highest BCUT2D eigenvalue weighted by Crippen LogP contribution is 2.21. The third kappa shape index (κ3) is 3.62. The van der Waals surface area contributed by atoms with Gasteiger partial charge in [-0.2, -0.15) is 0 Å². The molecule has 1 saturated heterocycles. The van der Waals surface area contributed by atoms with Gasteiger partial charge in [0, 0.05) is 6.54 Å². The van der Waals surface area contributed by atoms with Crippen molar-refractivity contribution in [3.63, 3.8) is 0 Å². The van der Waals surface area contributed by atoms with Crippen molar-refractivity contribution in [2.45, 2.75) is 19.4 Å². The number of para-hydroxylation sites is 1. The Bertz CT molecular complexity index is 392. The lowest BCUT2D eigenvalue weighted by Gasteiger charge is -2.15. The van der Waals surface area contributed by atoms with Crippen LogP contribution in [0.25, 0.3) is 0 Å². The van der Waals surface area contributed by atoms with Crippen LogP contribution in [0.3, 0.4) is 0 Å². The Kier molecular flexibility index (Phi) is 5.95. The summed E-state index contributed by atoms with van der Waals surface area (Å²) in [7, 11) is 0. The van der Waals surface area contributed by atoms with Crippen LogP contribution in [0.2, 0.25) is 0 Å². The molecule has 0 amide bonds. The number of carbonyl (C=O) groups is 1. The fraction of sp³-hybridized carbons (Fsp3) is 0.462. The number of halogens is 1. The number of benzene rings is 1. The summed E-state index contributed by atoms with van der Waals surface area (Å²) in [6.45, 7) is 3.96. The van der Waals surface area contributed by atoms with Crippen LogP contribution in [0.4, 0.5) is 0 Å². The average molecular weight is 272 g/mol. The van der Waals surface area contributed by atoms with E-state index in [4.69, 9.17) is 9.47 Å². The van der Waals surface area contributed by atoms with Gasteiger partial charge in [-0.1, -0.05) is 12.1 Å². The lowest BCUT2D eigenvalue weighted by Crippen LogP contribution is -2.21. The number of rotatable bonds is 4. The van der Waals surface area contributed by atoms with Crippen LogP contribution < -0.4 is 10.1 Å². The van der Waals surface area contributed by atoms with E-state index in [-0.39, 0.29) is 24.5 Å². The highest BCUT2D eigenvalue weighted by molar-refractivity contribution is 5.92. The zero-order valence-corrected chi connectivity index (χ0v) is 11.2. The molecule has 0 spiro atoms. The molecule has 1 aromatic rings. The highest BCUT2D eigenvalue weighted by atomic mass is 35.5. The minimum atomic E-state index is -0.325. The molecule has 0 aliphatic carbocycles. The van der Waals surface area contributed by atoms with Crippen molar-refractivity contribution in [3.8, 4) is 5.75 Å². The van der Waals surface area contributed by atoms with E-state index in [9.17, 15) is 4.79 Å². The summed E-state index contributed by atoms with van der Waals surface area (Å²) in [5.74, 6) is 0.286. The van der Waals surface area contributed by atoms with Gasteiger partial charge in [-0.25, -0.2) is 4.79 Å². The Morgan fingerprint density at radius 1 is 1.44 bits per heavy atom. The summed E-state index contributed by atoms with van der Waals surface area (Å²) in [4.78, 5) is 11.7. The summed E-state index contributed by atoms with van der Waals surface area (Å²) >= 11 is 0. The van der Waals surface area contributed by atoms with Gasteiger partial charge in [0.1, 0.15) is 17.4 Å². The SMILES string of the molecule is CCOC(=O)c1ccccc1OC1CCNC1.Cl. The number of nitrogens with one attached hydrogen (secondary N) is 1.